The molecule has 1 saturated carbocycles. The third-order valence-corrected chi connectivity index (χ3v) is 4.88. The first-order valence-electron chi connectivity index (χ1n) is 6.55. The molecule has 1 aliphatic carbocycles. The summed E-state index contributed by atoms with van der Waals surface area (Å²) >= 11 is 1.46. The largest absolute Gasteiger partial charge is 0.465 e. The summed E-state index contributed by atoms with van der Waals surface area (Å²) in [5, 5.41) is 1.14. The maximum atomic E-state index is 11.8. The molecule has 1 saturated heterocycles. The third-order valence-electron chi connectivity index (χ3n) is 3.62. The fourth-order valence-electron chi connectivity index (χ4n) is 2.46. The van der Waals surface area contributed by atoms with Crippen molar-refractivity contribution >= 4 is 28.0 Å². The molecule has 0 atom stereocenters. The van der Waals surface area contributed by atoms with Crippen LogP contribution in [0.5, 0.6) is 0 Å². The molecule has 1 aromatic heterocycles. The second-order valence-electron chi connectivity index (χ2n) is 4.93. The molecule has 5 nitrogen and oxygen atoms in total. The molecule has 2 fully saturated rings. The summed E-state index contributed by atoms with van der Waals surface area (Å²) in [6.45, 7) is 3.19. The Morgan fingerprint density at radius 1 is 1.42 bits per heavy atom. The quantitative estimate of drug-likeness (QED) is 0.857. The highest BCUT2D eigenvalue weighted by molar-refractivity contribution is 7.18. The SMILES string of the molecule is COC(=O)c1sc(N2CCOCC2)c(C2CC2)c1N. The monoisotopic (exact) mass is 282 g/mol. The Hall–Kier alpha value is -1.27. The summed E-state index contributed by atoms with van der Waals surface area (Å²) in [5.41, 5.74) is 7.97. The lowest BCUT2D eigenvalue weighted by Gasteiger charge is -2.28. The lowest BCUT2D eigenvalue weighted by Crippen LogP contribution is -2.36. The zero-order chi connectivity index (χ0) is 13.4. The van der Waals surface area contributed by atoms with Gasteiger partial charge in [0.15, 0.2) is 0 Å². The van der Waals surface area contributed by atoms with E-state index in [0.29, 0.717) is 16.5 Å². The summed E-state index contributed by atoms with van der Waals surface area (Å²) in [5.74, 6) is 0.191. The van der Waals surface area contributed by atoms with E-state index in [1.807, 2.05) is 0 Å². The Morgan fingerprint density at radius 2 is 2.11 bits per heavy atom. The summed E-state index contributed by atoms with van der Waals surface area (Å²) in [6, 6.07) is 0. The standard InChI is InChI=1S/C13H18N2O3S/c1-17-13(16)11-10(14)9(8-2-3-8)12(19-11)15-4-6-18-7-5-15/h8H,2-7,14H2,1H3. The average Bonchev–Trinajstić information content (AvgIpc) is 3.22. The Labute approximate surface area is 116 Å². The van der Waals surface area contributed by atoms with Crippen molar-refractivity contribution in [3.8, 4) is 0 Å². The predicted octanol–water partition coefficient (Wildman–Crippen LogP) is 1.83. The fraction of sp³-hybridized carbons (Fsp3) is 0.615. The number of carbonyl (C=O) groups is 1. The minimum Gasteiger partial charge on any atom is -0.465 e. The van der Waals surface area contributed by atoms with Crippen LogP contribution in [0, 0.1) is 0 Å². The van der Waals surface area contributed by atoms with Crippen LogP contribution in [0.15, 0.2) is 0 Å². The number of anilines is 2. The Morgan fingerprint density at radius 3 is 2.68 bits per heavy atom. The van der Waals surface area contributed by atoms with Gasteiger partial charge < -0.3 is 20.1 Å². The molecule has 0 amide bonds. The van der Waals surface area contributed by atoms with Crippen molar-refractivity contribution in [1.82, 2.24) is 0 Å². The Balaban J connectivity index is 1.99. The van der Waals surface area contributed by atoms with Gasteiger partial charge in [0.2, 0.25) is 0 Å². The minimum absolute atomic E-state index is 0.330. The van der Waals surface area contributed by atoms with E-state index in [4.69, 9.17) is 15.2 Å². The van der Waals surface area contributed by atoms with Crippen molar-refractivity contribution < 1.29 is 14.3 Å². The molecule has 2 N–H and O–H groups in total. The fourth-order valence-corrected chi connectivity index (χ4v) is 3.73. The van der Waals surface area contributed by atoms with Crippen LogP contribution in [-0.2, 0) is 9.47 Å². The van der Waals surface area contributed by atoms with Gasteiger partial charge in [-0.15, -0.1) is 11.3 Å². The highest BCUT2D eigenvalue weighted by atomic mass is 32.1. The molecule has 104 valence electrons. The summed E-state index contributed by atoms with van der Waals surface area (Å²) in [6.07, 6.45) is 2.33. The highest BCUT2D eigenvalue weighted by Crippen LogP contribution is 2.52. The predicted molar refractivity (Wildman–Crippen MR) is 75.1 cm³/mol. The van der Waals surface area contributed by atoms with Crippen molar-refractivity contribution in [2.75, 3.05) is 44.0 Å². The van der Waals surface area contributed by atoms with Crippen LogP contribution in [-0.4, -0.2) is 39.4 Å². The van der Waals surface area contributed by atoms with E-state index in [1.165, 1.54) is 31.3 Å². The van der Waals surface area contributed by atoms with Gasteiger partial charge in [-0.3, -0.25) is 0 Å². The van der Waals surface area contributed by atoms with Crippen LogP contribution in [0.2, 0.25) is 0 Å². The van der Waals surface area contributed by atoms with Crippen LogP contribution in [0.3, 0.4) is 0 Å². The van der Waals surface area contributed by atoms with Gasteiger partial charge in [-0.25, -0.2) is 4.79 Å². The molecule has 0 bridgehead atoms. The van der Waals surface area contributed by atoms with E-state index < -0.39 is 0 Å². The van der Waals surface area contributed by atoms with Crippen molar-refractivity contribution in [2.45, 2.75) is 18.8 Å². The maximum Gasteiger partial charge on any atom is 0.350 e. The molecular formula is C13H18N2O3S. The van der Waals surface area contributed by atoms with E-state index >= 15 is 0 Å². The Kier molecular flexibility index (Phi) is 3.36. The van der Waals surface area contributed by atoms with E-state index in [2.05, 4.69) is 4.90 Å². The highest BCUT2D eigenvalue weighted by Gasteiger charge is 2.35. The lowest BCUT2D eigenvalue weighted by atomic mass is 10.1. The zero-order valence-electron chi connectivity index (χ0n) is 11.0. The molecular weight excluding hydrogens is 264 g/mol. The first kappa shape index (κ1) is 12.7. The van der Waals surface area contributed by atoms with E-state index in [1.54, 1.807) is 0 Å². The smallest absolute Gasteiger partial charge is 0.350 e. The number of methoxy groups -OCH3 is 1. The topological polar surface area (TPSA) is 64.8 Å². The van der Waals surface area contributed by atoms with Crippen LogP contribution >= 0.6 is 11.3 Å². The maximum absolute atomic E-state index is 11.8. The molecule has 3 rings (SSSR count). The van der Waals surface area contributed by atoms with Crippen LogP contribution in [0.25, 0.3) is 0 Å². The van der Waals surface area contributed by atoms with Gasteiger partial charge in [-0.05, 0) is 18.8 Å². The van der Waals surface area contributed by atoms with Gasteiger partial charge in [0.05, 0.1) is 31.0 Å². The van der Waals surface area contributed by atoms with Crippen molar-refractivity contribution in [1.29, 1.82) is 0 Å². The number of ether oxygens (including phenoxy) is 2. The molecule has 0 spiro atoms. The number of hydrogen-bond donors (Lipinski definition) is 1. The Bertz CT molecular complexity index is 490. The van der Waals surface area contributed by atoms with Gasteiger partial charge in [0.25, 0.3) is 0 Å². The average molecular weight is 282 g/mol. The minimum atomic E-state index is -0.330. The number of esters is 1. The third kappa shape index (κ3) is 2.30. The van der Waals surface area contributed by atoms with Crippen LogP contribution in [0.4, 0.5) is 10.7 Å². The first-order chi connectivity index (χ1) is 9.22. The van der Waals surface area contributed by atoms with Crippen LogP contribution in [0.1, 0.15) is 34.0 Å². The number of nitrogen functional groups attached to an aromatic ring is 1. The molecule has 2 aliphatic rings. The van der Waals surface area contributed by atoms with Gasteiger partial charge >= 0.3 is 5.97 Å². The van der Waals surface area contributed by atoms with E-state index in [0.717, 1.165) is 36.9 Å². The first-order valence-corrected chi connectivity index (χ1v) is 7.37. The molecule has 2 heterocycles. The lowest BCUT2D eigenvalue weighted by molar-refractivity contribution is 0.0607. The number of morpholine rings is 1. The number of rotatable bonds is 3. The van der Waals surface area contributed by atoms with Gasteiger partial charge in [-0.2, -0.15) is 0 Å². The second-order valence-corrected chi connectivity index (χ2v) is 5.93. The van der Waals surface area contributed by atoms with Gasteiger partial charge in [0.1, 0.15) is 4.88 Å². The summed E-state index contributed by atoms with van der Waals surface area (Å²) in [4.78, 5) is 14.6. The van der Waals surface area contributed by atoms with E-state index in [9.17, 15) is 4.79 Å². The zero-order valence-corrected chi connectivity index (χ0v) is 11.8. The number of hydrogen-bond acceptors (Lipinski definition) is 6. The summed E-state index contributed by atoms with van der Waals surface area (Å²) < 4.78 is 10.2. The molecule has 1 aliphatic heterocycles. The number of nitrogens with two attached hydrogens (primary N) is 1. The number of nitrogens with zero attached hydrogens (tertiary/aromatic N) is 1. The normalized spacial score (nSPS) is 19.5. The van der Waals surface area contributed by atoms with Crippen molar-refractivity contribution in [3.63, 3.8) is 0 Å². The number of thiophene rings is 1. The molecule has 0 aromatic carbocycles. The van der Waals surface area contributed by atoms with E-state index in [-0.39, 0.29) is 5.97 Å². The second kappa shape index (κ2) is 5.02. The molecule has 0 radical (unpaired) electrons. The number of carbonyl (C=O) groups excluding carboxylic acids is 1. The molecule has 1 aromatic rings. The van der Waals surface area contributed by atoms with Crippen molar-refractivity contribution in [3.05, 3.63) is 10.4 Å². The summed E-state index contributed by atoms with van der Waals surface area (Å²) in [7, 11) is 1.40. The van der Waals surface area contributed by atoms with Crippen LogP contribution < -0.4 is 10.6 Å². The molecule has 6 heteroatoms. The molecule has 19 heavy (non-hydrogen) atoms. The molecule has 0 unspecified atom stereocenters. The van der Waals surface area contributed by atoms with Crippen molar-refractivity contribution in [2.24, 2.45) is 0 Å². The van der Waals surface area contributed by atoms with Gasteiger partial charge in [-0.1, -0.05) is 0 Å². The van der Waals surface area contributed by atoms with Gasteiger partial charge in [0, 0.05) is 18.7 Å².